The number of amides is 2. The molecule has 0 aliphatic carbocycles. The summed E-state index contributed by atoms with van der Waals surface area (Å²) in [5.74, 6) is -1.03. The molecule has 138 valence electrons. The zero-order valence-corrected chi connectivity index (χ0v) is 15.2. The van der Waals surface area contributed by atoms with Crippen molar-refractivity contribution in [2.75, 3.05) is 33.3 Å². The molecule has 0 aromatic heterocycles. The second-order valence-electron chi connectivity index (χ2n) is 6.88. The van der Waals surface area contributed by atoms with Gasteiger partial charge in [0.15, 0.2) is 0 Å². The molecule has 0 spiro atoms. The number of nitrogens with zero attached hydrogens (tertiary/aromatic N) is 2. The lowest BCUT2D eigenvalue weighted by Crippen LogP contribution is -2.47. The zero-order valence-electron chi connectivity index (χ0n) is 15.2. The van der Waals surface area contributed by atoms with Crippen LogP contribution in [0.4, 0.5) is 0 Å². The van der Waals surface area contributed by atoms with Gasteiger partial charge in [-0.1, -0.05) is 13.8 Å². The van der Waals surface area contributed by atoms with Crippen molar-refractivity contribution in [1.82, 2.24) is 9.80 Å². The van der Waals surface area contributed by atoms with E-state index in [1.54, 1.807) is 18.9 Å². The Bertz CT molecular complexity index is 444. The van der Waals surface area contributed by atoms with Gasteiger partial charge in [-0.2, -0.15) is 0 Å². The quantitative estimate of drug-likeness (QED) is 0.717. The van der Waals surface area contributed by atoms with E-state index in [0.29, 0.717) is 38.5 Å². The monoisotopic (exact) mass is 342 g/mol. The van der Waals surface area contributed by atoms with Crippen molar-refractivity contribution in [3.8, 4) is 0 Å². The summed E-state index contributed by atoms with van der Waals surface area (Å²) < 4.78 is 5.52. The van der Waals surface area contributed by atoms with Gasteiger partial charge in [0.05, 0.1) is 12.5 Å². The van der Waals surface area contributed by atoms with Gasteiger partial charge >= 0.3 is 5.97 Å². The third kappa shape index (κ3) is 6.47. The summed E-state index contributed by atoms with van der Waals surface area (Å²) in [6.45, 7) is 7.25. The van der Waals surface area contributed by atoms with Crippen LogP contribution >= 0.6 is 0 Å². The van der Waals surface area contributed by atoms with Crippen molar-refractivity contribution in [1.29, 1.82) is 0 Å². The summed E-state index contributed by atoms with van der Waals surface area (Å²) in [5, 5.41) is 8.98. The molecule has 0 aromatic rings. The Balaban J connectivity index is 2.37. The fourth-order valence-electron chi connectivity index (χ4n) is 2.62. The second-order valence-corrected chi connectivity index (χ2v) is 6.88. The number of carbonyl (C=O) groups is 3. The Morgan fingerprint density at radius 1 is 1.21 bits per heavy atom. The molecule has 0 saturated carbocycles. The van der Waals surface area contributed by atoms with E-state index in [1.807, 2.05) is 0 Å². The first kappa shape index (κ1) is 20.4. The first-order valence-electron chi connectivity index (χ1n) is 8.59. The summed E-state index contributed by atoms with van der Waals surface area (Å²) >= 11 is 0. The van der Waals surface area contributed by atoms with E-state index in [4.69, 9.17) is 9.84 Å². The molecule has 0 bridgehead atoms. The Morgan fingerprint density at radius 2 is 1.79 bits per heavy atom. The molecule has 7 nitrogen and oxygen atoms in total. The molecule has 1 rings (SSSR count). The molecule has 0 aromatic carbocycles. The number of hydrogen-bond donors (Lipinski definition) is 1. The van der Waals surface area contributed by atoms with Gasteiger partial charge < -0.3 is 19.6 Å². The van der Waals surface area contributed by atoms with Crippen molar-refractivity contribution in [3.63, 3.8) is 0 Å². The largest absolute Gasteiger partial charge is 0.481 e. The minimum absolute atomic E-state index is 0.00550. The van der Waals surface area contributed by atoms with Crippen LogP contribution in [0, 0.1) is 11.8 Å². The molecular weight excluding hydrogens is 312 g/mol. The summed E-state index contributed by atoms with van der Waals surface area (Å²) in [6, 6.07) is 0. The first-order chi connectivity index (χ1) is 11.2. The normalized spacial score (nSPS) is 17.0. The molecule has 1 heterocycles. The van der Waals surface area contributed by atoms with Crippen LogP contribution in [0.15, 0.2) is 0 Å². The third-order valence-electron chi connectivity index (χ3n) is 4.36. The van der Waals surface area contributed by atoms with Gasteiger partial charge in [0.25, 0.3) is 5.91 Å². The van der Waals surface area contributed by atoms with Gasteiger partial charge in [-0.15, -0.1) is 0 Å². The van der Waals surface area contributed by atoms with E-state index in [0.717, 1.165) is 6.42 Å². The van der Waals surface area contributed by atoms with Crippen LogP contribution in [0.3, 0.4) is 0 Å². The Labute approximate surface area is 143 Å². The van der Waals surface area contributed by atoms with Crippen molar-refractivity contribution in [2.24, 2.45) is 11.8 Å². The van der Waals surface area contributed by atoms with Gasteiger partial charge in [-0.25, -0.2) is 0 Å². The van der Waals surface area contributed by atoms with Crippen LogP contribution in [-0.2, 0) is 19.1 Å². The van der Waals surface area contributed by atoms with Gasteiger partial charge in [0.1, 0.15) is 6.10 Å². The molecule has 1 atom stereocenters. The minimum atomic E-state index is -0.804. The molecule has 1 aliphatic heterocycles. The van der Waals surface area contributed by atoms with Crippen LogP contribution in [-0.4, -0.2) is 72.1 Å². The average Bonchev–Trinajstić information content (AvgIpc) is 2.53. The predicted octanol–water partition coefficient (Wildman–Crippen LogP) is 1.22. The SMILES string of the molecule is CC(C)CCOC(C)C(=O)N(C)CC(=O)N1CCC(C(=O)O)CC1. The standard InChI is InChI=1S/C17H30N2O5/c1-12(2)7-10-24-13(3)16(21)18(4)11-15(20)19-8-5-14(6-9-19)17(22)23/h12-14H,5-11H2,1-4H3,(H,22,23). The molecule has 1 unspecified atom stereocenters. The van der Waals surface area contributed by atoms with Crippen LogP contribution in [0.1, 0.15) is 40.0 Å². The van der Waals surface area contributed by atoms with Crippen LogP contribution in [0.5, 0.6) is 0 Å². The lowest BCUT2D eigenvalue weighted by Gasteiger charge is -2.31. The van der Waals surface area contributed by atoms with Gasteiger partial charge in [-0.3, -0.25) is 14.4 Å². The van der Waals surface area contributed by atoms with Gasteiger partial charge in [0.2, 0.25) is 5.91 Å². The first-order valence-corrected chi connectivity index (χ1v) is 8.59. The number of carboxylic acid groups (broad SMARTS) is 1. The van der Waals surface area contributed by atoms with E-state index in [-0.39, 0.29) is 24.3 Å². The maximum absolute atomic E-state index is 12.3. The Hall–Kier alpha value is -1.63. The fourth-order valence-corrected chi connectivity index (χ4v) is 2.62. The Kier molecular flexibility index (Phi) is 8.18. The molecule has 1 fully saturated rings. The number of likely N-dealkylation sites (N-methyl/N-ethyl adjacent to an activating group) is 1. The lowest BCUT2D eigenvalue weighted by atomic mass is 9.97. The maximum Gasteiger partial charge on any atom is 0.306 e. The number of rotatable bonds is 8. The van der Waals surface area contributed by atoms with Crippen LogP contribution in [0.25, 0.3) is 0 Å². The fraction of sp³-hybridized carbons (Fsp3) is 0.824. The highest BCUT2D eigenvalue weighted by atomic mass is 16.5. The number of aliphatic carboxylic acids is 1. The molecule has 1 N–H and O–H groups in total. The number of piperidine rings is 1. The number of carboxylic acids is 1. The highest BCUT2D eigenvalue weighted by Crippen LogP contribution is 2.17. The smallest absolute Gasteiger partial charge is 0.306 e. The number of hydrogen-bond acceptors (Lipinski definition) is 4. The highest BCUT2D eigenvalue weighted by molar-refractivity contribution is 5.86. The van der Waals surface area contributed by atoms with Crippen molar-refractivity contribution < 1.29 is 24.2 Å². The van der Waals surface area contributed by atoms with Crippen LogP contribution < -0.4 is 0 Å². The van der Waals surface area contributed by atoms with E-state index < -0.39 is 12.1 Å². The van der Waals surface area contributed by atoms with E-state index in [2.05, 4.69) is 13.8 Å². The zero-order chi connectivity index (χ0) is 18.3. The summed E-state index contributed by atoms with van der Waals surface area (Å²) in [7, 11) is 1.59. The Morgan fingerprint density at radius 3 is 2.29 bits per heavy atom. The molecule has 1 saturated heterocycles. The highest BCUT2D eigenvalue weighted by Gasteiger charge is 2.28. The number of carbonyl (C=O) groups excluding carboxylic acids is 2. The topological polar surface area (TPSA) is 87.2 Å². The van der Waals surface area contributed by atoms with E-state index in [9.17, 15) is 14.4 Å². The second kappa shape index (κ2) is 9.61. The van der Waals surface area contributed by atoms with Crippen LogP contribution in [0.2, 0.25) is 0 Å². The number of likely N-dealkylation sites (tertiary alicyclic amines) is 1. The molecular formula is C17H30N2O5. The summed E-state index contributed by atoms with van der Waals surface area (Å²) in [4.78, 5) is 38.4. The third-order valence-corrected chi connectivity index (χ3v) is 4.36. The van der Waals surface area contributed by atoms with Crippen molar-refractivity contribution in [2.45, 2.75) is 46.1 Å². The summed E-state index contributed by atoms with van der Waals surface area (Å²) in [5.41, 5.74) is 0. The van der Waals surface area contributed by atoms with E-state index >= 15 is 0 Å². The molecule has 7 heteroatoms. The molecule has 2 amide bonds. The molecule has 0 radical (unpaired) electrons. The van der Waals surface area contributed by atoms with Crippen molar-refractivity contribution >= 4 is 17.8 Å². The predicted molar refractivity (Wildman–Crippen MR) is 89.4 cm³/mol. The van der Waals surface area contributed by atoms with Gasteiger partial charge in [-0.05, 0) is 32.1 Å². The van der Waals surface area contributed by atoms with Crippen molar-refractivity contribution in [3.05, 3.63) is 0 Å². The van der Waals surface area contributed by atoms with Gasteiger partial charge in [0, 0.05) is 26.7 Å². The molecule has 1 aliphatic rings. The minimum Gasteiger partial charge on any atom is -0.481 e. The maximum atomic E-state index is 12.3. The average molecular weight is 342 g/mol. The summed E-state index contributed by atoms with van der Waals surface area (Å²) in [6.07, 6.45) is 1.25. The van der Waals surface area contributed by atoms with E-state index in [1.165, 1.54) is 4.90 Å². The lowest BCUT2D eigenvalue weighted by molar-refractivity contribution is -0.148. The number of ether oxygens (including phenoxy) is 1. The molecule has 24 heavy (non-hydrogen) atoms.